The Balaban J connectivity index is 1.65. The Morgan fingerprint density at radius 1 is 1.38 bits per heavy atom. The molecule has 0 unspecified atom stereocenters. The van der Waals surface area contributed by atoms with Gasteiger partial charge in [-0.05, 0) is 40.7 Å². The summed E-state index contributed by atoms with van der Waals surface area (Å²) in [6, 6.07) is 1.93. The first kappa shape index (κ1) is 17.9. The van der Waals surface area contributed by atoms with Gasteiger partial charge in [-0.2, -0.15) is 5.10 Å². The highest BCUT2D eigenvalue weighted by Gasteiger charge is 2.24. The Bertz CT molecular complexity index is 745. The first-order valence-electron chi connectivity index (χ1n) is 7.90. The Hall–Kier alpha value is -0.890. The zero-order valence-electron chi connectivity index (χ0n) is 13.8. The summed E-state index contributed by atoms with van der Waals surface area (Å²) in [4.78, 5) is 17.8. The molecule has 0 spiro atoms. The van der Waals surface area contributed by atoms with Crippen molar-refractivity contribution in [2.75, 3.05) is 26.2 Å². The van der Waals surface area contributed by atoms with Crippen LogP contribution in [0.25, 0.3) is 0 Å². The standard InChI is InChI=1S/C16H20BrClN4OS/c1-11-12(15(18)20(2)19-11)10-21-5-3-6-22(8-7-21)16(23)14-13(17)4-9-24-14/h4,9H,3,5-8,10H2,1-2H3. The van der Waals surface area contributed by atoms with Gasteiger partial charge >= 0.3 is 0 Å². The Kier molecular flexibility index (Phi) is 5.64. The summed E-state index contributed by atoms with van der Waals surface area (Å²) in [5.41, 5.74) is 2.06. The van der Waals surface area contributed by atoms with Crippen molar-refractivity contribution in [1.29, 1.82) is 0 Å². The normalized spacial score (nSPS) is 16.4. The Labute approximate surface area is 159 Å². The van der Waals surface area contributed by atoms with Gasteiger partial charge in [0.25, 0.3) is 5.91 Å². The number of halogens is 2. The number of aromatic nitrogens is 2. The van der Waals surface area contributed by atoms with Crippen molar-refractivity contribution in [2.24, 2.45) is 7.05 Å². The van der Waals surface area contributed by atoms with Crippen molar-refractivity contribution >= 4 is 44.8 Å². The fourth-order valence-electron chi connectivity index (χ4n) is 3.00. The van der Waals surface area contributed by atoms with Crippen molar-refractivity contribution in [3.8, 4) is 0 Å². The molecule has 1 aliphatic heterocycles. The minimum atomic E-state index is 0.120. The monoisotopic (exact) mass is 430 g/mol. The maximum atomic E-state index is 12.7. The third-order valence-corrected chi connectivity index (χ3v) is 6.64. The van der Waals surface area contributed by atoms with Gasteiger partial charge in [0, 0.05) is 49.8 Å². The third-order valence-electron chi connectivity index (χ3n) is 4.34. The van der Waals surface area contributed by atoms with Crippen molar-refractivity contribution in [3.63, 3.8) is 0 Å². The van der Waals surface area contributed by atoms with E-state index in [0.717, 1.165) is 59.8 Å². The van der Waals surface area contributed by atoms with Crippen LogP contribution in [0.5, 0.6) is 0 Å². The SMILES string of the molecule is Cc1nn(C)c(Cl)c1CN1CCCN(C(=O)c2sccc2Br)CC1. The fourth-order valence-corrected chi connectivity index (χ4v) is 4.74. The molecule has 0 bridgehead atoms. The lowest BCUT2D eigenvalue weighted by Crippen LogP contribution is -2.34. The van der Waals surface area contributed by atoms with Crippen molar-refractivity contribution in [2.45, 2.75) is 19.9 Å². The van der Waals surface area contributed by atoms with E-state index >= 15 is 0 Å². The van der Waals surface area contributed by atoms with E-state index in [9.17, 15) is 4.79 Å². The summed E-state index contributed by atoms with van der Waals surface area (Å²) >= 11 is 11.3. The van der Waals surface area contributed by atoms with Crippen molar-refractivity contribution in [3.05, 3.63) is 37.2 Å². The van der Waals surface area contributed by atoms with Crippen LogP contribution in [0.1, 0.15) is 27.3 Å². The van der Waals surface area contributed by atoms with E-state index in [1.165, 1.54) is 11.3 Å². The molecule has 24 heavy (non-hydrogen) atoms. The summed E-state index contributed by atoms with van der Waals surface area (Å²) < 4.78 is 2.60. The molecular formula is C16H20BrClN4OS. The van der Waals surface area contributed by atoms with E-state index in [-0.39, 0.29) is 5.91 Å². The maximum Gasteiger partial charge on any atom is 0.265 e. The van der Waals surface area contributed by atoms with E-state index in [1.807, 2.05) is 30.3 Å². The van der Waals surface area contributed by atoms with Crippen LogP contribution in [0.3, 0.4) is 0 Å². The molecule has 1 aliphatic rings. The second-order valence-corrected chi connectivity index (χ2v) is 8.13. The molecule has 0 aromatic carbocycles. The highest BCUT2D eigenvalue weighted by atomic mass is 79.9. The minimum absolute atomic E-state index is 0.120. The number of carbonyl (C=O) groups is 1. The van der Waals surface area contributed by atoms with Gasteiger partial charge in [0.05, 0.1) is 5.69 Å². The number of hydrogen-bond acceptors (Lipinski definition) is 4. The number of rotatable bonds is 3. The van der Waals surface area contributed by atoms with Crippen LogP contribution >= 0.6 is 38.9 Å². The van der Waals surface area contributed by atoms with Crippen molar-refractivity contribution in [1.82, 2.24) is 19.6 Å². The molecule has 130 valence electrons. The minimum Gasteiger partial charge on any atom is -0.337 e. The Morgan fingerprint density at radius 3 is 2.79 bits per heavy atom. The molecule has 0 aliphatic carbocycles. The smallest absolute Gasteiger partial charge is 0.265 e. The van der Waals surface area contributed by atoms with Crippen LogP contribution in [-0.2, 0) is 13.6 Å². The molecule has 5 nitrogen and oxygen atoms in total. The van der Waals surface area contributed by atoms with Gasteiger partial charge in [-0.25, -0.2) is 0 Å². The molecule has 3 rings (SSSR count). The maximum absolute atomic E-state index is 12.7. The molecule has 2 aromatic rings. The molecule has 1 saturated heterocycles. The fraction of sp³-hybridized carbons (Fsp3) is 0.500. The predicted octanol–water partition coefficient (Wildman–Crippen LogP) is 3.55. The molecule has 0 N–H and O–H groups in total. The number of amides is 1. The van der Waals surface area contributed by atoms with Gasteiger partial charge in [-0.15, -0.1) is 11.3 Å². The van der Waals surface area contributed by atoms with Crippen molar-refractivity contribution < 1.29 is 4.79 Å². The topological polar surface area (TPSA) is 41.4 Å². The average molecular weight is 432 g/mol. The predicted molar refractivity (Wildman–Crippen MR) is 101 cm³/mol. The van der Waals surface area contributed by atoms with Gasteiger partial charge < -0.3 is 4.90 Å². The molecule has 0 radical (unpaired) electrons. The van der Waals surface area contributed by atoms with Gasteiger partial charge in [0.15, 0.2) is 0 Å². The average Bonchev–Trinajstić information content (AvgIpc) is 2.96. The van der Waals surface area contributed by atoms with Gasteiger partial charge in [0.2, 0.25) is 0 Å². The summed E-state index contributed by atoms with van der Waals surface area (Å²) in [7, 11) is 1.86. The highest BCUT2D eigenvalue weighted by molar-refractivity contribution is 9.10. The lowest BCUT2D eigenvalue weighted by molar-refractivity contribution is 0.0765. The first-order valence-corrected chi connectivity index (χ1v) is 9.95. The van der Waals surface area contributed by atoms with Gasteiger partial charge in [-0.3, -0.25) is 14.4 Å². The van der Waals surface area contributed by atoms with E-state index in [1.54, 1.807) is 4.68 Å². The van der Waals surface area contributed by atoms with E-state index in [4.69, 9.17) is 11.6 Å². The molecule has 2 aromatic heterocycles. The third kappa shape index (κ3) is 3.69. The van der Waals surface area contributed by atoms with Crippen LogP contribution in [0, 0.1) is 6.92 Å². The molecule has 3 heterocycles. The zero-order valence-corrected chi connectivity index (χ0v) is 16.9. The molecule has 1 fully saturated rings. The van der Waals surface area contributed by atoms with Crippen LogP contribution < -0.4 is 0 Å². The van der Waals surface area contributed by atoms with Crippen LogP contribution in [0.4, 0.5) is 0 Å². The molecule has 8 heteroatoms. The summed E-state index contributed by atoms with van der Waals surface area (Å²) in [6.07, 6.45) is 0.964. The quantitative estimate of drug-likeness (QED) is 0.746. The van der Waals surface area contributed by atoms with E-state index in [2.05, 4.69) is 25.9 Å². The second-order valence-electron chi connectivity index (χ2n) is 6.00. The largest absolute Gasteiger partial charge is 0.337 e. The number of thiophene rings is 1. The number of aryl methyl sites for hydroxylation is 2. The molecule has 0 atom stereocenters. The van der Waals surface area contributed by atoms with Crippen LogP contribution in [0.2, 0.25) is 5.15 Å². The summed E-state index contributed by atoms with van der Waals surface area (Å²) in [5, 5.41) is 7.02. The Morgan fingerprint density at radius 2 is 2.17 bits per heavy atom. The van der Waals surface area contributed by atoms with Crippen LogP contribution in [0.15, 0.2) is 15.9 Å². The van der Waals surface area contributed by atoms with E-state index < -0.39 is 0 Å². The molecular weight excluding hydrogens is 412 g/mol. The molecule has 0 saturated carbocycles. The number of hydrogen-bond donors (Lipinski definition) is 0. The van der Waals surface area contributed by atoms with Gasteiger partial charge in [-0.1, -0.05) is 11.6 Å². The highest BCUT2D eigenvalue weighted by Crippen LogP contribution is 2.25. The second kappa shape index (κ2) is 7.56. The number of nitrogens with zero attached hydrogens (tertiary/aromatic N) is 4. The first-order chi connectivity index (χ1) is 11.5. The summed E-state index contributed by atoms with van der Waals surface area (Å²) in [6.45, 7) is 6.10. The lowest BCUT2D eigenvalue weighted by atomic mass is 10.2. The zero-order chi connectivity index (χ0) is 17.3. The summed E-state index contributed by atoms with van der Waals surface area (Å²) in [5.74, 6) is 0.120. The van der Waals surface area contributed by atoms with Crippen LogP contribution in [-0.4, -0.2) is 51.7 Å². The van der Waals surface area contributed by atoms with E-state index in [0.29, 0.717) is 5.15 Å². The van der Waals surface area contributed by atoms with Gasteiger partial charge in [0.1, 0.15) is 10.0 Å². The lowest BCUT2D eigenvalue weighted by Gasteiger charge is -2.21. The molecule has 1 amide bonds. The number of carbonyl (C=O) groups excluding carboxylic acids is 1.